The molecule has 1 fully saturated rings. The lowest BCUT2D eigenvalue weighted by Gasteiger charge is -2.31. The molecule has 0 radical (unpaired) electrons. The van der Waals surface area contributed by atoms with E-state index in [4.69, 9.17) is 9.72 Å². The molecule has 0 atom stereocenters. The van der Waals surface area contributed by atoms with E-state index in [9.17, 15) is 14.4 Å². The Labute approximate surface area is 175 Å². The molecule has 2 aliphatic heterocycles. The second-order valence-corrected chi connectivity index (χ2v) is 7.96. The maximum Gasteiger partial charge on any atom is 0.409 e. The molecule has 8 nitrogen and oxygen atoms in total. The number of aryl methyl sites for hydroxylation is 1. The summed E-state index contributed by atoms with van der Waals surface area (Å²) < 4.78 is 6.81. The normalized spacial score (nSPS) is 17.3. The van der Waals surface area contributed by atoms with Crippen molar-refractivity contribution >= 4 is 22.9 Å². The molecular weight excluding hydrogens is 384 g/mol. The van der Waals surface area contributed by atoms with E-state index in [-0.39, 0.29) is 23.6 Å². The summed E-state index contributed by atoms with van der Waals surface area (Å²) in [5, 5.41) is 3.60. The Morgan fingerprint density at radius 3 is 2.73 bits per heavy atom. The van der Waals surface area contributed by atoms with E-state index in [1.54, 1.807) is 34.6 Å². The lowest BCUT2D eigenvalue weighted by molar-refractivity contribution is 0.0860. The summed E-state index contributed by atoms with van der Waals surface area (Å²) in [5.74, 6) is 0.636. The van der Waals surface area contributed by atoms with Crippen LogP contribution in [0.2, 0.25) is 0 Å². The molecule has 160 valence electrons. The fourth-order valence-corrected chi connectivity index (χ4v) is 4.25. The van der Waals surface area contributed by atoms with Gasteiger partial charge in [-0.3, -0.25) is 14.2 Å². The summed E-state index contributed by atoms with van der Waals surface area (Å²) in [6.07, 6.45) is 4.99. The van der Waals surface area contributed by atoms with Crippen molar-refractivity contribution in [2.45, 2.75) is 58.0 Å². The van der Waals surface area contributed by atoms with Gasteiger partial charge >= 0.3 is 6.09 Å². The Balaban J connectivity index is 1.46. The van der Waals surface area contributed by atoms with Crippen LogP contribution in [0.3, 0.4) is 0 Å². The van der Waals surface area contributed by atoms with Gasteiger partial charge in [0.25, 0.3) is 11.5 Å². The minimum Gasteiger partial charge on any atom is -0.450 e. The average Bonchev–Trinajstić information content (AvgIpc) is 3.00. The van der Waals surface area contributed by atoms with Gasteiger partial charge in [0.15, 0.2) is 0 Å². The quantitative estimate of drug-likeness (QED) is 0.836. The molecule has 0 bridgehead atoms. The number of hydrogen-bond donors (Lipinski definition) is 1. The number of ether oxygens (including phenoxy) is 1. The third-order valence-corrected chi connectivity index (χ3v) is 5.93. The van der Waals surface area contributed by atoms with Gasteiger partial charge in [-0.05, 0) is 50.8 Å². The number of aromatic nitrogens is 2. The zero-order valence-electron chi connectivity index (χ0n) is 17.4. The highest BCUT2D eigenvalue weighted by molar-refractivity contribution is 5.97. The Hall–Kier alpha value is -2.90. The van der Waals surface area contributed by atoms with Gasteiger partial charge in [0.2, 0.25) is 0 Å². The van der Waals surface area contributed by atoms with E-state index in [1.807, 2.05) is 0 Å². The van der Waals surface area contributed by atoms with Crippen molar-refractivity contribution in [3.05, 3.63) is 39.9 Å². The summed E-state index contributed by atoms with van der Waals surface area (Å²) in [5.41, 5.74) is 1.06. The molecule has 2 aliphatic rings. The predicted octanol–water partition coefficient (Wildman–Crippen LogP) is 2.47. The van der Waals surface area contributed by atoms with Crippen molar-refractivity contribution in [2.24, 2.45) is 0 Å². The summed E-state index contributed by atoms with van der Waals surface area (Å²) in [6, 6.07) is 5.12. The Bertz CT molecular complexity index is 1010. The molecule has 2 aromatic rings. The fourth-order valence-electron chi connectivity index (χ4n) is 4.25. The van der Waals surface area contributed by atoms with Gasteiger partial charge in [0.05, 0.1) is 17.5 Å². The molecule has 4 rings (SSSR count). The number of nitrogens with zero attached hydrogens (tertiary/aromatic N) is 3. The van der Waals surface area contributed by atoms with E-state index in [1.165, 1.54) is 0 Å². The van der Waals surface area contributed by atoms with Crippen molar-refractivity contribution in [1.29, 1.82) is 0 Å². The zero-order chi connectivity index (χ0) is 21.1. The molecular formula is C22H28N4O4. The summed E-state index contributed by atoms with van der Waals surface area (Å²) in [4.78, 5) is 43.8. The Morgan fingerprint density at radius 2 is 1.97 bits per heavy atom. The van der Waals surface area contributed by atoms with Crippen LogP contribution >= 0.6 is 0 Å². The van der Waals surface area contributed by atoms with Gasteiger partial charge in [-0.2, -0.15) is 0 Å². The highest BCUT2D eigenvalue weighted by Gasteiger charge is 2.25. The number of fused-ring (bicyclic) bond motifs is 2. The van der Waals surface area contributed by atoms with Gasteiger partial charge in [0.1, 0.15) is 5.82 Å². The van der Waals surface area contributed by atoms with Crippen molar-refractivity contribution < 1.29 is 14.3 Å². The van der Waals surface area contributed by atoms with Gasteiger partial charge < -0.3 is 15.0 Å². The molecule has 0 spiro atoms. The van der Waals surface area contributed by atoms with Crippen LogP contribution in [0.1, 0.15) is 55.2 Å². The standard InChI is InChI=1S/C22H28N4O4/c1-2-30-22(29)25-12-9-16(10-13-25)23-20(27)15-7-8-17-18(14-15)24-19-6-4-3-5-11-26(19)21(17)28/h7-8,14,16H,2-6,9-13H2,1H3,(H,23,27). The molecule has 30 heavy (non-hydrogen) atoms. The zero-order valence-corrected chi connectivity index (χ0v) is 17.4. The number of carbonyl (C=O) groups is 2. The van der Waals surface area contributed by atoms with E-state index in [0.29, 0.717) is 55.5 Å². The maximum absolute atomic E-state index is 12.8. The van der Waals surface area contributed by atoms with Crippen molar-refractivity contribution in [3.63, 3.8) is 0 Å². The molecule has 0 saturated carbocycles. The number of hydrogen-bond acceptors (Lipinski definition) is 5. The van der Waals surface area contributed by atoms with Crippen molar-refractivity contribution in [3.8, 4) is 0 Å². The topological polar surface area (TPSA) is 93.5 Å². The van der Waals surface area contributed by atoms with Crippen LogP contribution in [0, 0.1) is 0 Å². The van der Waals surface area contributed by atoms with Crippen LogP contribution < -0.4 is 10.9 Å². The molecule has 1 N–H and O–H groups in total. The number of rotatable bonds is 3. The number of amides is 2. The van der Waals surface area contributed by atoms with Gasteiger partial charge in [-0.1, -0.05) is 6.42 Å². The van der Waals surface area contributed by atoms with E-state index >= 15 is 0 Å². The second-order valence-electron chi connectivity index (χ2n) is 7.96. The summed E-state index contributed by atoms with van der Waals surface area (Å²) in [7, 11) is 0. The number of nitrogens with one attached hydrogen (secondary N) is 1. The van der Waals surface area contributed by atoms with Crippen LogP contribution in [0.5, 0.6) is 0 Å². The number of carbonyl (C=O) groups excluding carboxylic acids is 2. The summed E-state index contributed by atoms with van der Waals surface area (Å²) >= 11 is 0. The average molecular weight is 412 g/mol. The van der Waals surface area contributed by atoms with Crippen LogP contribution in [-0.4, -0.2) is 52.2 Å². The molecule has 1 aromatic heterocycles. The first kappa shape index (κ1) is 20.4. The number of piperidine rings is 1. The Morgan fingerprint density at radius 1 is 1.17 bits per heavy atom. The first-order chi connectivity index (χ1) is 14.6. The van der Waals surface area contributed by atoms with Crippen molar-refractivity contribution in [2.75, 3.05) is 19.7 Å². The van der Waals surface area contributed by atoms with E-state index in [0.717, 1.165) is 31.5 Å². The minimum atomic E-state index is -0.298. The largest absolute Gasteiger partial charge is 0.450 e. The molecule has 0 aliphatic carbocycles. The molecule has 3 heterocycles. The molecule has 0 unspecified atom stereocenters. The van der Waals surface area contributed by atoms with Crippen LogP contribution in [0.25, 0.3) is 10.9 Å². The van der Waals surface area contributed by atoms with Gasteiger partial charge in [-0.25, -0.2) is 9.78 Å². The third-order valence-electron chi connectivity index (χ3n) is 5.93. The third kappa shape index (κ3) is 4.17. The summed E-state index contributed by atoms with van der Waals surface area (Å²) in [6.45, 7) is 3.98. The minimum absolute atomic E-state index is 0.00417. The lowest BCUT2D eigenvalue weighted by Crippen LogP contribution is -2.46. The SMILES string of the molecule is CCOC(=O)N1CCC(NC(=O)c2ccc3c(=O)n4c(nc3c2)CCCCC4)CC1. The van der Waals surface area contributed by atoms with E-state index in [2.05, 4.69) is 5.32 Å². The molecule has 1 aromatic carbocycles. The van der Waals surface area contributed by atoms with Crippen LogP contribution in [0.15, 0.2) is 23.0 Å². The number of benzene rings is 1. The maximum atomic E-state index is 12.8. The highest BCUT2D eigenvalue weighted by Crippen LogP contribution is 2.17. The highest BCUT2D eigenvalue weighted by atomic mass is 16.6. The Kier molecular flexibility index (Phi) is 6.01. The van der Waals surface area contributed by atoms with Crippen molar-refractivity contribution in [1.82, 2.24) is 19.8 Å². The van der Waals surface area contributed by atoms with Gasteiger partial charge in [0, 0.05) is 37.7 Å². The van der Waals surface area contributed by atoms with Crippen LogP contribution in [0.4, 0.5) is 4.79 Å². The molecule has 1 saturated heterocycles. The fraction of sp³-hybridized carbons (Fsp3) is 0.545. The molecule has 8 heteroatoms. The lowest BCUT2D eigenvalue weighted by atomic mass is 10.0. The molecule has 2 amide bonds. The second kappa shape index (κ2) is 8.85. The first-order valence-electron chi connectivity index (χ1n) is 10.8. The predicted molar refractivity (Wildman–Crippen MR) is 113 cm³/mol. The number of likely N-dealkylation sites (tertiary alicyclic amines) is 1. The smallest absolute Gasteiger partial charge is 0.409 e. The van der Waals surface area contributed by atoms with E-state index < -0.39 is 0 Å². The first-order valence-corrected chi connectivity index (χ1v) is 10.8. The van der Waals surface area contributed by atoms with Crippen LogP contribution in [-0.2, 0) is 17.7 Å². The van der Waals surface area contributed by atoms with Gasteiger partial charge in [-0.15, -0.1) is 0 Å². The monoisotopic (exact) mass is 412 g/mol.